The van der Waals surface area contributed by atoms with Crippen LogP contribution in [0.4, 0.5) is 10.1 Å². The molecule has 1 saturated heterocycles. The third kappa shape index (κ3) is 6.90. The quantitative estimate of drug-likeness (QED) is 0.274. The normalized spacial score (nSPS) is 15.5. The SMILES string of the molecule is CCCCNC(=NC)NCc1ccc(N2CCN(CC)CC2)c(F)c1.I. The summed E-state index contributed by atoms with van der Waals surface area (Å²) in [5.74, 6) is 0.617. The highest BCUT2D eigenvalue weighted by molar-refractivity contribution is 14.0. The average Bonchev–Trinajstić information content (AvgIpc) is 2.65. The molecule has 1 aromatic rings. The number of nitrogens with zero attached hydrogens (tertiary/aromatic N) is 3. The summed E-state index contributed by atoms with van der Waals surface area (Å²) < 4.78 is 14.5. The van der Waals surface area contributed by atoms with Crippen molar-refractivity contribution in [2.45, 2.75) is 33.2 Å². The van der Waals surface area contributed by atoms with E-state index in [1.165, 1.54) is 0 Å². The van der Waals surface area contributed by atoms with Crippen molar-refractivity contribution in [2.24, 2.45) is 4.99 Å². The number of unbranched alkanes of at least 4 members (excludes halogenated alkanes) is 1. The smallest absolute Gasteiger partial charge is 0.191 e. The van der Waals surface area contributed by atoms with Crippen LogP contribution in [0.3, 0.4) is 0 Å². The zero-order chi connectivity index (χ0) is 18.1. The second-order valence-corrected chi connectivity index (χ2v) is 6.41. The standard InChI is InChI=1S/C19H32FN5.HI/c1-4-6-9-22-19(21-3)23-15-16-7-8-18(17(20)14-16)25-12-10-24(5-2)11-13-25;/h7-8,14H,4-6,9-13,15H2,1-3H3,(H2,21,22,23);1H. The van der Waals surface area contributed by atoms with Gasteiger partial charge in [-0.05, 0) is 30.7 Å². The van der Waals surface area contributed by atoms with Crippen molar-refractivity contribution >= 4 is 35.6 Å². The lowest BCUT2D eigenvalue weighted by molar-refractivity contribution is 0.270. The summed E-state index contributed by atoms with van der Waals surface area (Å²) in [7, 11) is 1.75. The van der Waals surface area contributed by atoms with Gasteiger partial charge in [0.05, 0.1) is 5.69 Å². The monoisotopic (exact) mass is 477 g/mol. The second-order valence-electron chi connectivity index (χ2n) is 6.41. The fraction of sp³-hybridized carbons (Fsp3) is 0.632. The molecular weight excluding hydrogens is 444 g/mol. The molecule has 1 fully saturated rings. The number of anilines is 1. The molecule has 26 heavy (non-hydrogen) atoms. The summed E-state index contributed by atoms with van der Waals surface area (Å²) in [6, 6.07) is 5.53. The highest BCUT2D eigenvalue weighted by Crippen LogP contribution is 2.22. The maximum Gasteiger partial charge on any atom is 0.191 e. The minimum absolute atomic E-state index is 0. The number of rotatable bonds is 7. The molecule has 0 amide bonds. The van der Waals surface area contributed by atoms with Crippen molar-refractivity contribution in [1.29, 1.82) is 0 Å². The van der Waals surface area contributed by atoms with Gasteiger partial charge in [-0.2, -0.15) is 0 Å². The summed E-state index contributed by atoms with van der Waals surface area (Å²) in [4.78, 5) is 8.73. The van der Waals surface area contributed by atoms with E-state index < -0.39 is 0 Å². The Hall–Kier alpha value is -1.09. The Kier molecular flexibility index (Phi) is 10.9. The molecule has 148 valence electrons. The molecule has 1 heterocycles. The maximum absolute atomic E-state index is 14.5. The predicted octanol–water partition coefficient (Wildman–Crippen LogP) is 3.05. The zero-order valence-electron chi connectivity index (χ0n) is 16.2. The van der Waals surface area contributed by atoms with Crippen LogP contribution in [0.25, 0.3) is 0 Å². The van der Waals surface area contributed by atoms with Crippen LogP contribution >= 0.6 is 24.0 Å². The summed E-state index contributed by atoms with van der Waals surface area (Å²) in [5.41, 5.74) is 1.64. The van der Waals surface area contributed by atoms with E-state index in [2.05, 4.69) is 39.3 Å². The Labute approximate surface area is 174 Å². The van der Waals surface area contributed by atoms with Gasteiger partial charge >= 0.3 is 0 Å². The van der Waals surface area contributed by atoms with Crippen LogP contribution in [-0.4, -0.2) is 57.2 Å². The van der Waals surface area contributed by atoms with Crippen LogP contribution in [0.15, 0.2) is 23.2 Å². The molecule has 0 aromatic heterocycles. The van der Waals surface area contributed by atoms with Crippen molar-refractivity contribution in [3.05, 3.63) is 29.6 Å². The van der Waals surface area contributed by atoms with Gasteiger partial charge in [-0.15, -0.1) is 24.0 Å². The van der Waals surface area contributed by atoms with Gasteiger partial charge in [0.2, 0.25) is 0 Å². The topological polar surface area (TPSA) is 42.9 Å². The van der Waals surface area contributed by atoms with Crippen LogP contribution in [0.2, 0.25) is 0 Å². The largest absolute Gasteiger partial charge is 0.367 e. The first kappa shape index (κ1) is 23.0. The molecule has 0 unspecified atom stereocenters. The number of aliphatic imine (C=N–C) groups is 1. The molecule has 0 atom stereocenters. The number of hydrogen-bond donors (Lipinski definition) is 2. The van der Waals surface area contributed by atoms with E-state index in [0.29, 0.717) is 12.2 Å². The molecule has 7 heteroatoms. The maximum atomic E-state index is 14.5. The first-order chi connectivity index (χ1) is 12.2. The Morgan fingerprint density at radius 1 is 1.15 bits per heavy atom. The first-order valence-corrected chi connectivity index (χ1v) is 9.38. The highest BCUT2D eigenvalue weighted by atomic mass is 127. The number of nitrogens with one attached hydrogen (secondary N) is 2. The highest BCUT2D eigenvalue weighted by Gasteiger charge is 2.18. The number of likely N-dealkylation sites (N-methyl/N-ethyl adjacent to an activating group) is 1. The lowest BCUT2D eigenvalue weighted by Gasteiger charge is -2.35. The van der Waals surface area contributed by atoms with E-state index in [-0.39, 0.29) is 29.8 Å². The lowest BCUT2D eigenvalue weighted by atomic mass is 10.1. The van der Waals surface area contributed by atoms with E-state index in [4.69, 9.17) is 0 Å². The van der Waals surface area contributed by atoms with Gasteiger partial charge in [0.15, 0.2) is 5.96 Å². The van der Waals surface area contributed by atoms with Crippen molar-refractivity contribution in [1.82, 2.24) is 15.5 Å². The second kappa shape index (κ2) is 12.3. The number of hydrogen-bond acceptors (Lipinski definition) is 3. The molecule has 2 rings (SSSR count). The van der Waals surface area contributed by atoms with Gasteiger partial charge in [0.1, 0.15) is 5.82 Å². The molecule has 5 nitrogen and oxygen atoms in total. The molecule has 0 aliphatic carbocycles. The van der Waals surface area contributed by atoms with Crippen molar-refractivity contribution in [3.8, 4) is 0 Å². The number of piperazine rings is 1. The fourth-order valence-electron chi connectivity index (χ4n) is 3.01. The average molecular weight is 477 g/mol. The fourth-order valence-corrected chi connectivity index (χ4v) is 3.01. The van der Waals surface area contributed by atoms with Crippen LogP contribution in [0, 0.1) is 5.82 Å². The molecule has 0 bridgehead atoms. The predicted molar refractivity (Wildman–Crippen MR) is 119 cm³/mol. The Balaban J connectivity index is 0.00000338. The lowest BCUT2D eigenvalue weighted by Crippen LogP contribution is -2.46. The molecule has 0 radical (unpaired) electrons. The summed E-state index contributed by atoms with van der Waals surface area (Å²) in [6.07, 6.45) is 2.25. The molecule has 1 aliphatic heterocycles. The molecule has 1 aromatic carbocycles. The van der Waals surface area contributed by atoms with Gasteiger partial charge in [0.25, 0.3) is 0 Å². The third-order valence-corrected chi connectivity index (χ3v) is 4.68. The van der Waals surface area contributed by atoms with Gasteiger partial charge in [-0.1, -0.05) is 26.3 Å². The third-order valence-electron chi connectivity index (χ3n) is 4.68. The Morgan fingerprint density at radius 3 is 2.46 bits per heavy atom. The number of guanidine groups is 1. The number of halogens is 2. The summed E-state index contributed by atoms with van der Waals surface area (Å²) in [6.45, 7) is 10.6. The van der Waals surface area contributed by atoms with Crippen molar-refractivity contribution in [2.75, 3.05) is 51.2 Å². The zero-order valence-corrected chi connectivity index (χ0v) is 18.6. The van der Waals surface area contributed by atoms with Crippen molar-refractivity contribution < 1.29 is 4.39 Å². The first-order valence-electron chi connectivity index (χ1n) is 9.38. The van der Waals surface area contributed by atoms with Gasteiger partial charge in [0, 0.05) is 46.3 Å². The van der Waals surface area contributed by atoms with E-state index in [1.807, 2.05) is 12.1 Å². The van der Waals surface area contributed by atoms with Crippen LogP contribution < -0.4 is 15.5 Å². The van der Waals surface area contributed by atoms with Gasteiger partial charge in [-0.25, -0.2) is 4.39 Å². The minimum atomic E-state index is -0.141. The molecule has 0 saturated carbocycles. The minimum Gasteiger partial charge on any atom is -0.367 e. The van der Waals surface area contributed by atoms with Crippen LogP contribution in [0.1, 0.15) is 32.3 Å². The van der Waals surface area contributed by atoms with E-state index in [1.54, 1.807) is 13.1 Å². The Bertz CT molecular complexity index is 559. The van der Waals surface area contributed by atoms with Crippen molar-refractivity contribution in [3.63, 3.8) is 0 Å². The molecule has 2 N–H and O–H groups in total. The van der Waals surface area contributed by atoms with Gasteiger partial charge in [-0.3, -0.25) is 4.99 Å². The Morgan fingerprint density at radius 2 is 1.88 bits per heavy atom. The van der Waals surface area contributed by atoms with Crippen LogP contribution in [0.5, 0.6) is 0 Å². The summed E-state index contributed by atoms with van der Waals surface area (Å²) >= 11 is 0. The summed E-state index contributed by atoms with van der Waals surface area (Å²) in [5, 5.41) is 6.50. The number of benzene rings is 1. The molecular formula is C19H33FIN5. The molecule has 1 aliphatic rings. The van der Waals surface area contributed by atoms with E-state index in [0.717, 1.165) is 63.6 Å². The van der Waals surface area contributed by atoms with E-state index >= 15 is 0 Å². The van der Waals surface area contributed by atoms with Gasteiger partial charge < -0.3 is 20.4 Å². The van der Waals surface area contributed by atoms with Crippen LogP contribution in [-0.2, 0) is 6.54 Å². The van der Waals surface area contributed by atoms with E-state index in [9.17, 15) is 4.39 Å². The molecule has 0 spiro atoms.